The average Bonchev–Trinajstić information content (AvgIpc) is 3.45. The summed E-state index contributed by atoms with van der Waals surface area (Å²) in [6.07, 6.45) is -5.25. The summed E-state index contributed by atoms with van der Waals surface area (Å²) in [4.78, 5) is 37.7. The number of nitrogens with one attached hydrogen (secondary N) is 1. The van der Waals surface area contributed by atoms with Gasteiger partial charge in [-0.1, -0.05) is 46.9 Å². The van der Waals surface area contributed by atoms with Crippen molar-refractivity contribution in [3.8, 4) is 0 Å². The van der Waals surface area contributed by atoms with E-state index in [2.05, 4.69) is 5.32 Å². The van der Waals surface area contributed by atoms with Crippen LogP contribution < -0.4 is 5.32 Å². The van der Waals surface area contributed by atoms with E-state index in [-0.39, 0.29) is 56.6 Å². The molecule has 1 aliphatic carbocycles. The predicted molar refractivity (Wildman–Crippen MR) is 151 cm³/mol. The number of Topliss-reactive ketones (excluding diaryl/α,β-unsaturated/α-hetero) is 2. The average molecular weight is 670 g/mol. The van der Waals surface area contributed by atoms with Crippen molar-refractivity contribution in [1.29, 1.82) is 0 Å². The Bertz CT molecular complexity index is 1580. The number of halogens is 9. The fourth-order valence-electron chi connectivity index (χ4n) is 4.52. The van der Waals surface area contributed by atoms with Crippen LogP contribution in [0, 0.1) is 11.7 Å². The van der Waals surface area contributed by atoms with Gasteiger partial charge in [-0.05, 0) is 54.4 Å². The number of amides is 1. The van der Waals surface area contributed by atoms with Crippen molar-refractivity contribution in [1.82, 2.24) is 0 Å². The first-order chi connectivity index (χ1) is 19.0. The molecule has 3 aromatic rings. The molecule has 1 N–H and O–H groups in total. The molecule has 0 aliphatic heterocycles. The summed E-state index contributed by atoms with van der Waals surface area (Å²) in [5.74, 6) is -4.26. The molecule has 1 amide bonds. The smallest absolute Gasteiger partial charge is 0.326 e. The Balaban J connectivity index is 1.53. The maximum absolute atomic E-state index is 14.2. The molecular weight excluding hydrogens is 652 g/mol. The van der Waals surface area contributed by atoms with Crippen LogP contribution in [0.25, 0.3) is 0 Å². The Labute approximate surface area is 256 Å². The fourth-order valence-corrected chi connectivity index (χ4v) is 6.08. The summed E-state index contributed by atoms with van der Waals surface area (Å²) in [5, 5.41) is 2.07. The molecular formula is C28H18Cl5F4NO3. The maximum Gasteiger partial charge on any atom is 0.417 e. The minimum Gasteiger partial charge on any atom is -0.326 e. The van der Waals surface area contributed by atoms with Gasteiger partial charge in [0.15, 0.2) is 5.78 Å². The number of hydrogen-bond donors (Lipinski definition) is 1. The molecule has 4 rings (SSSR count). The number of rotatable bonds is 8. The number of hydrogen-bond acceptors (Lipinski definition) is 3. The molecule has 4 nitrogen and oxygen atoms in total. The molecule has 1 saturated carbocycles. The van der Waals surface area contributed by atoms with Crippen molar-refractivity contribution in [2.45, 2.75) is 36.2 Å². The molecule has 0 radical (unpaired) electrons. The topological polar surface area (TPSA) is 63.2 Å². The van der Waals surface area contributed by atoms with Gasteiger partial charge in [0.2, 0.25) is 5.91 Å². The first-order valence-corrected chi connectivity index (χ1v) is 13.7. The third-order valence-corrected chi connectivity index (χ3v) is 8.64. The van der Waals surface area contributed by atoms with Gasteiger partial charge in [0.05, 0.1) is 26.5 Å². The Morgan fingerprint density at radius 2 is 1.59 bits per heavy atom. The molecule has 1 aliphatic rings. The molecule has 41 heavy (non-hydrogen) atoms. The fraction of sp³-hybridized carbons (Fsp3) is 0.250. The normalized spacial score (nSPS) is 17.7. The number of anilines is 1. The summed E-state index contributed by atoms with van der Waals surface area (Å²) in [7, 11) is 0. The van der Waals surface area contributed by atoms with Crippen molar-refractivity contribution in [2.75, 3.05) is 5.32 Å². The molecule has 3 aromatic carbocycles. The van der Waals surface area contributed by atoms with Crippen molar-refractivity contribution in [2.24, 2.45) is 5.92 Å². The highest BCUT2D eigenvalue weighted by molar-refractivity contribution is 6.53. The summed E-state index contributed by atoms with van der Waals surface area (Å²) in [6, 6.07) is 9.71. The van der Waals surface area contributed by atoms with Crippen LogP contribution in [-0.2, 0) is 28.6 Å². The third-order valence-electron chi connectivity index (χ3n) is 6.57. The van der Waals surface area contributed by atoms with E-state index in [1.54, 1.807) is 0 Å². The number of alkyl halides is 5. The molecule has 0 bridgehead atoms. The van der Waals surface area contributed by atoms with Gasteiger partial charge in [-0.15, -0.1) is 23.2 Å². The van der Waals surface area contributed by atoms with Crippen LogP contribution in [0.3, 0.4) is 0 Å². The lowest BCUT2D eigenvalue weighted by molar-refractivity contribution is -0.137. The molecule has 0 heterocycles. The van der Waals surface area contributed by atoms with E-state index in [0.29, 0.717) is 0 Å². The Hall–Kier alpha value is -2.36. The minimum atomic E-state index is -4.72. The Morgan fingerprint density at radius 1 is 0.927 bits per heavy atom. The van der Waals surface area contributed by atoms with E-state index in [9.17, 15) is 31.9 Å². The lowest BCUT2D eigenvalue weighted by Gasteiger charge is -2.12. The van der Waals surface area contributed by atoms with Gasteiger partial charge in [0.25, 0.3) is 0 Å². The highest BCUT2D eigenvalue weighted by Crippen LogP contribution is 2.65. The number of ketones is 2. The first kappa shape index (κ1) is 31.6. The largest absolute Gasteiger partial charge is 0.417 e. The molecule has 0 spiro atoms. The SMILES string of the molecule is CC(=O)Cc1c(F)ccc(CC(=O)c2cc(NC(=O)C3[C@H](c4ccc(Cl)c(C(F)(F)F)c4)C3(Cl)Cl)ccc2Cl)c1Cl. The second-order valence-corrected chi connectivity index (χ2v) is 12.2. The highest BCUT2D eigenvalue weighted by Gasteiger charge is 2.67. The van der Waals surface area contributed by atoms with Crippen molar-refractivity contribution in [3.05, 3.63) is 97.2 Å². The Morgan fingerprint density at radius 3 is 2.22 bits per heavy atom. The summed E-state index contributed by atoms with van der Waals surface area (Å²) >= 11 is 30.8. The number of carbonyl (C=O) groups is 3. The van der Waals surface area contributed by atoms with Gasteiger partial charge in [0, 0.05) is 35.6 Å². The monoisotopic (exact) mass is 667 g/mol. The van der Waals surface area contributed by atoms with Gasteiger partial charge in [-0.25, -0.2) is 4.39 Å². The van der Waals surface area contributed by atoms with Crippen LogP contribution in [0.2, 0.25) is 15.1 Å². The van der Waals surface area contributed by atoms with Crippen LogP contribution in [0.4, 0.5) is 23.2 Å². The number of carbonyl (C=O) groups excluding carboxylic acids is 3. The lowest BCUT2D eigenvalue weighted by atomic mass is 9.98. The van der Waals surface area contributed by atoms with E-state index < -0.39 is 50.4 Å². The van der Waals surface area contributed by atoms with E-state index in [1.807, 2.05) is 0 Å². The molecule has 0 aromatic heterocycles. The van der Waals surface area contributed by atoms with Crippen LogP contribution in [0.5, 0.6) is 0 Å². The van der Waals surface area contributed by atoms with Crippen LogP contribution in [-0.4, -0.2) is 21.8 Å². The molecule has 216 valence electrons. The summed E-state index contributed by atoms with van der Waals surface area (Å²) in [6.45, 7) is 1.28. The van der Waals surface area contributed by atoms with E-state index in [1.165, 1.54) is 37.3 Å². The molecule has 0 saturated heterocycles. The van der Waals surface area contributed by atoms with Crippen molar-refractivity contribution >= 4 is 81.2 Å². The summed E-state index contributed by atoms with van der Waals surface area (Å²) in [5.41, 5.74) is -0.588. The van der Waals surface area contributed by atoms with Gasteiger partial charge >= 0.3 is 6.18 Å². The van der Waals surface area contributed by atoms with Crippen molar-refractivity contribution in [3.63, 3.8) is 0 Å². The second kappa shape index (κ2) is 11.7. The zero-order valence-electron chi connectivity index (χ0n) is 20.8. The van der Waals surface area contributed by atoms with E-state index in [0.717, 1.165) is 18.2 Å². The van der Waals surface area contributed by atoms with Crippen LogP contribution in [0.1, 0.15) is 45.5 Å². The maximum atomic E-state index is 14.2. The standard InChI is InChI=1S/C28H18Cl5F4NO3/c1-12(39)8-17-21(34)7-3-14(25(17)31)10-22(40)16-11-15(4-6-19(16)29)38-26(41)24-23(27(24,32)33)13-2-5-20(30)18(9-13)28(35,36)37/h2-7,9,11,23-24H,8,10H2,1H3,(H,38,41)/t23-,24?/m0/s1. The highest BCUT2D eigenvalue weighted by atomic mass is 35.5. The summed E-state index contributed by atoms with van der Waals surface area (Å²) < 4.78 is 52.5. The second-order valence-electron chi connectivity index (χ2n) is 9.53. The molecule has 1 fully saturated rings. The van der Waals surface area contributed by atoms with E-state index in [4.69, 9.17) is 58.0 Å². The Kier molecular flexibility index (Phi) is 9.03. The molecule has 13 heteroatoms. The first-order valence-electron chi connectivity index (χ1n) is 11.9. The van der Waals surface area contributed by atoms with Gasteiger partial charge in [-0.3, -0.25) is 14.4 Å². The van der Waals surface area contributed by atoms with Crippen LogP contribution >= 0.6 is 58.0 Å². The van der Waals surface area contributed by atoms with Gasteiger partial charge < -0.3 is 5.32 Å². The minimum absolute atomic E-state index is 0.0147. The quantitative estimate of drug-likeness (QED) is 0.148. The van der Waals surface area contributed by atoms with Gasteiger partial charge in [0.1, 0.15) is 15.9 Å². The van der Waals surface area contributed by atoms with Crippen LogP contribution in [0.15, 0.2) is 48.5 Å². The molecule has 2 atom stereocenters. The third kappa shape index (κ3) is 6.67. The molecule has 1 unspecified atom stereocenters. The lowest BCUT2D eigenvalue weighted by Crippen LogP contribution is -2.17. The number of benzene rings is 3. The zero-order valence-corrected chi connectivity index (χ0v) is 24.6. The van der Waals surface area contributed by atoms with Crippen molar-refractivity contribution < 1.29 is 31.9 Å². The van der Waals surface area contributed by atoms with E-state index >= 15 is 0 Å². The van der Waals surface area contributed by atoms with Gasteiger partial charge in [-0.2, -0.15) is 13.2 Å². The zero-order chi connectivity index (χ0) is 30.4. The predicted octanol–water partition coefficient (Wildman–Crippen LogP) is 8.89.